The van der Waals surface area contributed by atoms with Gasteiger partial charge in [-0.1, -0.05) is 25.4 Å². The van der Waals surface area contributed by atoms with Crippen LogP contribution in [0.25, 0.3) is 5.69 Å². The highest BCUT2D eigenvalue weighted by Crippen LogP contribution is 2.20. The van der Waals surface area contributed by atoms with E-state index in [4.69, 9.17) is 11.6 Å². The summed E-state index contributed by atoms with van der Waals surface area (Å²) in [6, 6.07) is 1.70. The summed E-state index contributed by atoms with van der Waals surface area (Å²) in [7, 11) is 0. The first-order chi connectivity index (χ1) is 11.7. The maximum atomic E-state index is 13.8. The topological polar surface area (TPSA) is 84.2 Å². The third-order valence-electron chi connectivity index (χ3n) is 3.39. The molecule has 2 aromatic rings. The maximum Gasteiger partial charge on any atom is 0.326 e. The SMILES string of the molecule is CC(C)C[C@H](Nc1cnn(-c2ccc(F)cc2F)c(=O)c1Cl)C(=O)O. The van der Waals surface area contributed by atoms with Crippen molar-refractivity contribution >= 4 is 23.3 Å². The number of carboxylic acid groups (broad SMARTS) is 1. The number of benzene rings is 1. The highest BCUT2D eigenvalue weighted by molar-refractivity contribution is 6.33. The second-order valence-electron chi connectivity index (χ2n) is 5.85. The molecule has 0 fully saturated rings. The van der Waals surface area contributed by atoms with Gasteiger partial charge in [-0.3, -0.25) is 4.79 Å². The normalized spacial score (nSPS) is 12.2. The lowest BCUT2D eigenvalue weighted by Crippen LogP contribution is -2.32. The number of rotatable bonds is 6. The Morgan fingerprint density at radius 1 is 1.40 bits per heavy atom. The summed E-state index contributed by atoms with van der Waals surface area (Å²) in [4.78, 5) is 23.6. The summed E-state index contributed by atoms with van der Waals surface area (Å²) in [5.74, 6) is -2.78. The predicted molar refractivity (Wildman–Crippen MR) is 89.3 cm³/mol. The first-order valence-electron chi connectivity index (χ1n) is 7.43. The van der Waals surface area contributed by atoms with Crippen LogP contribution in [0.5, 0.6) is 0 Å². The number of carbonyl (C=O) groups is 1. The predicted octanol–water partition coefficient (Wildman–Crippen LogP) is 3.08. The minimum absolute atomic E-state index is 0.0264. The summed E-state index contributed by atoms with van der Waals surface area (Å²) in [6.07, 6.45) is 1.43. The number of hydrogen-bond donors (Lipinski definition) is 2. The van der Waals surface area contributed by atoms with Crippen LogP contribution >= 0.6 is 11.6 Å². The minimum Gasteiger partial charge on any atom is -0.480 e. The largest absolute Gasteiger partial charge is 0.480 e. The average Bonchev–Trinajstić information content (AvgIpc) is 2.51. The number of halogens is 3. The number of nitrogens with zero attached hydrogens (tertiary/aromatic N) is 2. The molecule has 0 aliphatic rings. The molecule has 1 heterocycles. The molecule has 9 heteroatoms. The Morgan fingerprint density at radius 2 is 2.08 bits per heavy atom. The van der Waals surface area contributed by atoms with Crippen molar-refractivity contribution in [2.75, 3.05) is 5.32 Å². The third-order valence-corrected chi connectivity index (χ3v) is 3.76. The van der Waals surface area contributed by atoms with E-state index >= 15 is 0 Å². The third kappa shape index (κ3) is 4.33. The molecular weight excluding hydrogens is 356 g/mol. The summed E-state index contributed by atoms with van der Waals surface area (Å²) in [6.45, 7) is 3.71. The van der Waals surface area contributed by atoms with Gasteiger partial charge >= 0.3 is 5.97 Å². The van der Waals surface area contributed by atoms with Gasteiger partial charge in [0.2, 0.25) is 0 Å². The number of aromatic nitrogens is 2. The first-order valence-corrected chi connectivity index (χ1v) is 7.81. The van der Waals surface area contributed by atoms with Gasteiger partial charge in [-0.15, -0.1) is 0 Å². The van der Waals surface area contributed by atoms with Gasteiger partial charge in [0, 0.05) is 6.07 Å². The van der Waals surface area contributed by atoms with Crippen LogP contribution < -0.4 is 10.9 Å². The van der Waals surface area contributed by atoms with Gasteiger partial charge in [0.1, 0.15) is 22.6 Å². The van der Waals surface area contributed by atoms with Crippen LogP contribution in [0.15, 0.2) is 29.2 Å². The van der Waals surface area contributed by atoms with Gasteiger partial charge < -0.3 is 10.4 Å². The van der Waals surface area contributed by atoms with Gasteiger partial charge in [0.25, 0.3) is 5.56 Å². The van der Waals surface area contributed by atoms with Crippen molar-refractivity contribution in [2.45, 2.75) is 26.3 Å². The van der Waals surface area contributed by atoms with Crippen molar-refractivity contribution in [1.82, 2.24) is 9.78 Å². The van der Waals surface area contributed by atoms with Crippen LogP contribution in [0.4, 0.5) is 14.5 Å². The number of anilines is 1. The van der Waals surface area contributed by atoms with Crippen LogP contribution in [0.3, 0.4) is 0 Å². The zero-order valence-corrected chi connectivity index (χ0v) is 14.2. The number of nitrogens with one attached hydrogen (secondary N) is 1. The van der Waals surface area contributed by atoms with Crippen molar-refractivity contribution in [3.8, 4) is 5.69 Å². The van der Waals surface area contributed by atoms with Gasteiger partial charge in [0.05, 0.1) is 11.9 Å². The Labute approximate surface area is 147 Å². The van der Waals surface area contributed by atoms with E-state index in [1.165, 1.54) is 0 Å². The van der Waals surface area contributed by atoms with Crippen LogP contribution in [-0.2, 0) is 4.79 Å². The molecule has 0 amide bonds. The van der Waals surface area contributed by atoms with Crippen LogP contribution in [-0.4, -0.2) is 26.9 Å². The fourth-order valence-corrected chi connectivity index (χ4v) is 2.42. The molecule has 0 saturated carbocycles. The lowest BCUT2D eigenvalue weighted by molar-refractivity contribution is -0.138. The van der Waals surface area contributed by atoms with Crippen LogP contribution in [0, 0.1) is 17.6 Å². The van der Waals surface area contributed by atoms with Crippen LogP contribution in [0.2, 0.25) is 5.02 Å². The smallest absolute Gasteiger partial charge is 0.326 e. The van der Waals surface area contributed by atoms with E-state index in [1.807, 2.05) is 13.8 Å². The molecular formula is C16H16ClF2N3O3. The molecule has 0 unspecified atom stereocenters. The fraction of sp³-hybridized carbons (Fsp3) is 0.312. The molecule has 1 aromatic carbocycles. The molecule has 0 spiro atoms. The van der Waals surface area contributed by atoms with Gasteiger partial charge in [-0.05, 0) is 24.5 Å². The van der Waals surface area contributed by atoms with E-state index < -0.39 is 29.2 Å². The Kier molecular flexibility index (Phi) is 5.73. The molecule has 6 nitrogen and oxygen atoms in total. The zero-order chi connectivity index (χ0) is 18.7. The monoisotopic (exact) mass is 371 g/mol. The first kappa shape index (κ1) is 18.9. The molecule has 0 radical (unpaired) electrons. The Bertz CT molecular complexity index is 855. The Balaban J connectivity index is 2.40. The van der Waals surface area contributed by atoms with Crippen molar-refractivity contribution < 1.29 is 18.7 Å². The van der Waals surface area contributed by atoms with E-state index in [0.717, 1.165) is 18.3 Å². The lowest BCUT2D eigenvalue weighted by atomic mass is 10.0. The quantitative estimate of drug-likeness (QED) is 0.815. The number of aliphatic carboxylic acids is 1. The molecule has 1 atom stereocenters. The molecule has 2 N–H and O–H groups in total. The second kappa shape index (κ2) is 7.60. The lowest BCUT2D eigenvalue weighted by Gasteiger charge is -2.18. The zero-order valence-electron chi connectivity index (χ0n) is 13.5. The highest BCUT2D eigenvalue weighted by atomic mass is 35.5. The number of hydrogen-bond acceptors (Lipinski definition) is 4. The number of carboxylic acids is 1. The van der Waals surface area contributed by atoms with E-state index in [2.05, 4.69) is 10.4 Å². The maximum absolute atomic E-state index is 13.8. The molecule has 0 aliphatic heterocycles. The van der Waals surface area contributed by atoms with Crippen molar-refractivity contribution in [2.24, 2.45) is 5.92 Å². The van der Waals surface area contributed by atoms with Crippen LogP contribution in [0.1, 0.15) is 20.3 Å². The molecule has 0 aliphatic carbocycles. The van der Waals surface area contributed by atoms with Gasteiger partial charge in [0.15, 0.2) is 5.82 Å². The van der Waals surface area contributed by atoms with Gasteiger partial charge in [-0.2, -0.15) is 9.78 Å². The summed E-state index contributed by atoms with van der Waals surface area (Å²) < 4.78 is 27.5. The molecule has 134 valence electrons. The molecule has 25 heavy (non-hydrogen) atoms. The van der Waals surface area contributed by atoms with E-state index in [1.54, 1.807) is 0 Å². The van der Waals surface area contributed by atoms with E-state index in [-0.39, 0.29) is 22.3 Å². The molecule has 1 aromatic heterocycles. The van der Waals surface area contributed by atoms with Gasteiger partial charge in [-0.25, -0.2) is 13.6 Å². The summed E-state index contributed by atoms with van der Waals surface area (Å²) >= 11 is 5.99. The molecule has 0 bridgehead atoms. The van der Waals surface area contributed by atoms with E-state index in [9.17, 15) is 23.5 Å². The summed E-state index contributed by atoms with van der Waals surface area (Å²) in [5, 5.41) is 15.4. The highest BCUT2D eigenvalue weighted by Gasteiger charge is 2.21. The molecule has 0 saturated heterocycles. The minimum atomic E-state index is -1.10. The van der Waals surface area contributed by atoms with Crippen molar-refractivity contribution in [1.29, 1.82) is 0 Å². The standard InChI is InChI=1S/C16H16ClF2N3O3/c1-8(2)5-11(16(24)25)21-12-7-20-22(15(23)14(12)17)13-4-3-9(18)6-10(13)19/h3-4,6-8,11,21H,5H2,1-2H3,(H,24,25)/t11-/m0/s1. The average molecular weight is 372 g/mol. The van der Waals surface area contributed by atoms with Crippen molar-refractivity contribution in [3.05, 3.63) is 51.4 Å². The molecule has 2 rings (SSSR count). The fourth-order valence-electron chi connectivity index (χ4n) is 2.24. The Hall–Kier alpha value is -2.48. The van der Waals surface area contributed by atoms with E-state index in [0.29, 0.717) is 17.2 Å². The summed E-state index contributed by atoms with van der Waals surface area (Å²) in [5.41, 5.74) is -1.10. The van der Waals surface area contributed by atoms with Crippen molar-refractivity contribution in [3.63, 3.8) is 0 Å². The Morgan fingerprint density at radius 3 is 2.64 bits per heavy atom. The second-order valence-corrected chi connectivity index (χ2v) is 6.23.